The van der Waals surface area contributed by atoms with Crippen molar-refractivity contribution in [2.45, 2.75) is 0 Å². The van der Waals surface area contributed by atoms with Crippen molar-refractivity contribution in [2.75, 3.05) is 32.8 Å². The third kappa shape index (κ3) is 3.56. The quantitative estimate of drug-likeness (QED) is 0.583. The van der Waals surface area contributed by atoms with Crippen molar-refractivity contribution < 1.29 is 9.53 Å². The van der Waals surface area contributed by atoms with E-state index in [1.165, 1.54) is 0 Å². The highest BCUT2D eigenvalue weighted by molar-refractivity contribution is 7.80. The molecule has 0 aromatic carbocycles. The van der Waals surface area contributed by atoms with Gasteiger partial charge in [-0.3, -0.25) is 0 Å². The van der Waals surface area contributed by atoms with Gasteiger partial charge in [0.25, 0.3) is 0 Å². The number of thiocarbonyl (C=S) groups is 1. The fraction of sp³-hybridized carbons (Fsp3) is 0.714. The van der Waals surface area contributed by atoms with Gasteiger partial charge in [0.2, 0.25) is 0 Å². The Morgan fingerprint density at radius 3 is 2.69 bits per heavy atom. The molecule has 0 aliphatic carbocycles. The van der Waals surface area contributed by atoms with Gasteiger partial charge < -0.3 is 20.7 Å². The van der Waals surface area contributed by atoms with E-state index in [1.807, 2.05) is 0 Å². The third-order valence-corrected chi connectivity index (χ3v) is 1.86. The molecule has 0 unspecified atom stereocenters. The van der Waals surface area contributed by atoms with Crippen LogP contribution in [0.2, 0.25) is 0 Å². The Morgan fingerprint density at radius 1 is 1.54 bits per heavy atom. The van der Waals surface area contributed by atoms with Gasteiger partial charge in [-0.2, -0.15) is 0 Å². The Hall–Kier alpha value is -0.880. The molecule has 0 spiro atoms. The lowest BCUT2D eigenvalue weighted by Gasteiger charge is -2.26. The van der Waals surface area contributed by atoms with E-state index >= 15 is 0 Å². The second kappa shape index (κ2) is 4.98. The number of carbonyl (C=O) groups excluding carboxylic acids is 1. The maximum Gasteiger partial charge on any atom is 0.317 e. The number of nitrogens with zero attached hydrogens (tertiary/aromatic N) is 1. The Bertz CT molecular complexity index is 204. The molecule has 6 heteroatoms. The van der Waals surface area contributed by atoms with Crippen molar-refractivity contribution in [3.63, 3.8) is 0 Å². The van der Waals surface area contributed by atoms with Gasteiger partial charge in [0, 0.05) is 13.1 Å². The van der Waals surface area contributed by atoms with E-state index in [-0.39, 0.29) is 12.6 Å². The third-order valence-electron chi connectivity index (χ3n) is 1.71. The molecule has 1 saturated heterocycles. The number of amides is 2. The van der Waals surface area contributed by atoms with E-state index in [0.717, 1.165) is 0 Å². The molecule has 5 nitrogen and oxygen atoms in total. The summed E-state index contributed by atoms with van der Waals surface area (Å²) in [5.74, 6) is 0. The monoisotopic (exact) mass is 203 g/mol. The number of hydrogen-bond donors (Lipinski definition) is 2. The van der Waals surface area contributed by atoms with Crippen LogP contribution in [0.5, 0.6) is 0 Å². The average molecular weight is 203 g/mol. The van der Waals surface area contributed by atoms with Crippen LogP contribution in [-0.2, 0) is 4.74 Å². The predicted molar refractivity (Wildman–Crippen MR) is 52.6 cm³/mol. The number of nitrogens with one attached hydrogen (secondary N) is 1. The first-order valence-electron chi connectivity index (χ1n) is 4.09. The Morgan fingerprint density at radius 2 is 2.15 bits per heavy atom. The highest BCUT2D eigenvalue weighted by Gasteiger charge is 2.15. The SMILES string of the molecule is NC(=S)CNC(=O)N1CCOCC1. The molecule has 13 heavy (non-hydrogen) atoms. The Balaban J connectivity index is 2.25. The van der Waals surface area contributed by atoms with Crippen LogP contribution in [0.4, 0.5) is 4.79 Å². The Labute approximate surface area is 82.2 Å². The minimum Gasteiger partial charge on any atom is -0.392 e. The van der Waals surface area contributed by atoms with Crippen molar-refractivity contribution in [1.82, 2.24) is 10.2 Å². The number of carbonyl (C=O) groups is 1. The van der Waals surface area contributed by atoms with E-state index in [0.29, 0.717) is 31.3 Å². The molecule has 0 aromatic rings. The summed E-state index contributed by atoms with van der Waals surface area (Å²) in [4.78, 5) is 13.3. The number of rotatable bonds is 2. The van der Waals surface area contributed by atoms with E-state index in [9.17, 15) is 4.79 Å². The summed E-state index contributed by atoms with van der Waals surface area (Å²) in [5, 5.41) is 2.62. The first-order chi connectivity index (χ1) is 6.20. The van der Waals surface area contributed by atoms with Crippen LogP contribution >= 0.6 is 12.2 Å². The van der Waals surface area contributed by atoms with Gasteiger partial charge in [0.15, 0.2) is 0 Å². The summed E-state index contributed by atoms with van der Waals surface area (Å²) in [6, 6.07) is -0.129. The molecule has 3 N–H and O–H groups in total. The van der Waals surface area contributed by atoms with E-state index in [2.05, 4.69) is 17.5 Å². The second-order valence-corrected chi connectivity index (χ2v) is 3.25. The summed E-state index contributed by atoms with van der Waals surface area (Å²) in [7, 11) is 0. The normalized spacial score (nSPS) is 16.8. The van der Waals surface area contributed by atoms with Gasteiger partial charge in [-0.05, 0) is 0 Å². The molecule has 74 valence electrons. The van der Waals surface area contributed by atoms with Crippen LogP contribution < -0.4 is 11.1 Å². The van der Waals surface area contributed by atoms with Crippen LogP contribution in [0.1, 0.15) is 0 Å². The van der Waals surface area contributed by atoms with Crippen LogP contribution in [0.3, 0.4) is 0 Å². The molecule has 1 aliphatic rings. The largest absolute Gasteiger partial charge is 0.392 e. The lowest BCUT2D eigenvalue weighted by atomic mass is 10.4. The van der Waals surface area contributed by atoms with Gasteiger partial charge >= 0.3 is 6.03 Å². The number of morpholine rings is 1. The zero-order valence-corrected chi connectivity index (χ0v) is 8.10. The standard InChI is InChI=1S/C7H13N3O2S/c8-6(13)5-9-7(11)10-1-3-12-4-2-10/h1-5H2,(H2,8,13)(H,9,11). The lowest BCUT2D eigenvalue weighted by molar-refractivity contribution is 0.0535. The highest BCUT2D eigenvalue weighted by atomic mass is 32.1. The molecule has 0 saturated carbocycles. The van der Waals surface area contributed by atoms with Gasteiger partial charge in [0.05, 0.1) is 24.7 Å². The predicted octanol–water partition coefficient (Wildman–Crippen LogP) is -0.686. The molecule has 0 atom stereocenters. The number of nitrogens with two attached hydrogens (primary N) is 1. The summed E-state index contributed by atoms with van der Waals surface area (Å²) in [5.41, 5.74) is 5.24. The first kappa shape index (κ1) is 10.2. The molecule has 1 heterocycles. The average Bonchev–Trinajstić information content (AvgIpc) is 2.15. The summed E-state index contributed by atoms with van der Waals surface area (Å²) < 4.78 is 5.10. The molecule has 0 aromatic heterocycles. The molecule has 1 fully saturated rings. The fourth-order valence-corrected chi connectivity index (χ4v) is 1.11. The molecular weight excluding hydrogens is 190 g/mol. The first-order valence-corrected chi connectivity index (χ1v) is 4.50. The number of ether oxygens (including phenoxy) is 1. The van der Waals surface area contributed by atoms with Gasteiger partial charge in [-0.25, -0.2) is 4.79 Å². The molecule has 2 amide bonds. The smallest absolute Gasteiger partial charge is 0.317 e. The van der Waals surface area contributed by atoms with Crippen LogP contribution in [0.25, 0.3) is 0 Å². The minimum absolute atomic E-state index is 0.129. The van der Waals surface area contributed by atoms with Crippen molar-refractivity contribution >= 4 is 23.2 Å². The molecule has 0 bridgehead atoms. The zero-order valence-electron chi connectivity index (χ0n) is 7.28. The van der Waals surface area contributed by atoms with Crippen molar-refractivity contribution in [3.05, 3.63) is 0 Å². The van der Waals surface area contributed by atoms with Gasteiger partial charge in [-0.1, -0.05) is 12.2 Å². The Kier molecular flexibility index (Phi) is 3.91. The van der Waals surface area contributed by atoms with E-state index < -0.39 is 0 Å². The van der Waals surface area contributed by atoms with Gasteiger partial charge in [-0.15, -0.1) is 0 Å². The molecule has 1 rings (SSSR count). The number of urea groups is 1. The second-order valence-electron chi connectivity index (χ2n) is 2.72. The lowest BCUT2D eigenvalue weighted by Crippen LogP contribution is -2.47. The minimum atomic E-state index is -0.129. The van der Waals surface area contributed by atoms with Crippen molar-refractivity contribution in [2.24, 2.45) is 5.73 Å². The molecular formula is C7H13N3O2S. The maximum atomic E-state index is 11.3. The van der Waals surface area contributed by atoms with Crippen LogP contribution in [0.15, 0.2) is 0 Å². The maximum absolute atomic E-state index is 11.3. The van der Waals surface area contributed by atoms with Crippen molar-refractivity contribution in [1.29, 1.82) is 0 Å². The summed E-state index contributed by atoms with van der Waals surface area (Å²) in [6.07, 6.45) is 0. The van der Waals surface area contributed by atoms with Gasteiger partial charge in [0.1, 0.15) is 0 Å². The fourth-order valence-electron chi connectivity index (χ4n) is 1.04. The van der Waals surface area contributed by atoms with Crippen LogP contribution in [0, 0.1) is 0 Å². The zero-order chi connectivity index (χ0) is 9.68. The summed E-state index contributed by atoms with van der Waals surface area (Å²) >= 11 is 4.64. The van der Waals surface area contributed by atoms with E-state index in [1.54, 1.807) is 4.90 Å². The topological polar surface area (TPSA) is 67.6 Å². The van der Waals surface area contributed by atoms with Crippen molar-refractivity contribution in [3.8, 4) is 0 Å². The number of hydrogen-bond acceptors (Lipinski definition) is 3. The summed E-state index contributed by atoms with van der Waals surface area (Å²) in [6.45, 7) is 2.71. The molecule has 0 radical (unpaired) electrons. The van der Waals surface area contributed by atoms with Crippen LogP contribution in [-0.4, -0.2) is 48.8 Å². The van der Waals surface area contributed by atoms with E-state index in [4.69, 9.17) is 10.5 Å². The molecule has 1 aliphatic heterocycles. The highest BCUT2D eigenvalue weighted by Crippen LogP contribution is 1.96.